The monoisotopic (exact) mass is 319 g/mol. The zero-order valence-electron chi connectivity index (χ0n) is 11.1. The van der Waals surface area contributed by atoms with Crippen molar-refractivity contribution in [3.63, 3.8) is 0 Å². The van der Waals surface area contributed by atoms with Crippen LogP contribution < -0.4 is 15.5 Å². The van der Waals surface area contributed by atoms with Crippen LogP contribution in [0.4, 0.5) is 5.69 Å². The first kappa shape index (κ1) is 14.2. The zero-order chi connectivity index (χ0) is 15.6. The third kappa shape index (κ3) is 2.54. The van der Waals surface area contributed by atoms with E-state index in [1.807, 2.05) is 0 Å². The largest absolute Gasteiger partial charge is 0.457 e. The molecule has 3 aromatic rings. The molecule has 0 saturated carbocycles. The normalized spacial score (nSPS) is 11.3. The Morgan fingerprint density at radius 1 is 0.955 bits per heavy atom. The minimum absolute atomic E-state index is 0.0850. The van der Waals surface area contributed by atoms with E-state index >= 15 is 0 Å². The number of nitro groups is 1. The van der Waals surface area contributed by atoms with E-state index in [1.54, 1.807) is 12.1 Å². The van der Waals surface area contributed by atoms with Crippen LogP contribution in [0.2, 0.25) is 0 Å². The standard InChI is InChI=1S/C14H10NO6P/c16-15(17)11-5-7-12(8-6-11)21-22(18,13-3-1-9-19-13)14-4-2-10-20-14/h1-10H. The second-order valence-corrected chi connectivity index (χ2v) is 6.46. The van der Waals surface area contributed by atoms with Crippen LogP contribution in [-0.4, -0.2) is 4.92 Å². The average molecular weight is 319 g/mol. The second-order valence-electron chi connectivity index (χ2n) is 4.30. The summed E-state index contributed by atoms with van der Waals surface area (Å²) in [7, 11) is -3.59. The molecule has 0 fully saturated rings. The van der Waals surface area contributed by atoms with Crippen molar-refractivity contribution in [2.24, 2.45) is 0 Å². The van der Waals surface area contributed by atoms with Gasteiger partial charge in [-0.05, 0) is 36.4 Å². The number of nitrogens with zero attached hydrogens (tertiary/aromatic N) is 1. The molecule has 7 nitrogen and oxygen atoms in total. The molecule has 0 unspecified atom stereocenters. The van der Waals surface area contributed by atoms with E-state index in [1.165, 1.54) is 48.9 Å². The SMILES string of the molecule is O=[N+]([O-])c1ccc(OP(=O)(c2ccco2)c2ccco2)cc1. The quantitative estimate of drug-likeness (QED) is 0.407. The number of benzene rings is 1. The van der Waals surface area contributed by atoms with Gasteiger partial charge in [0.2, 0.25) is 11.0 Å². The Kier molecular flexibility index (Phi) is 3.56. The van der Waals surface area contributed by atoms with Gasteiger partial charge in [0.25, 0.3) is 5.69 Å². The van der Waals surface area contributed by atoms with Crippen LogP contribution in [-0.2, 0) is 4.57 Å². The van der Waals surface area contributed by atoms with Crippen molar-refractivity contribution in [3.05, 3.63) is 71.2 Å². The van der Waals surface area contributed by atoms with Gasteiger partial charge in [0.15, 0.2) is 0 Å². The molecule has 1 aromatic carbocycles. The highest BCUT2D eigenvalue weighted by molar-refractivity contribution is 7.73. The summed E-state index contributed by atoms with van der Waals surface area (Å²) in [5, 5.41) is 10.7. The second kappa shape index (κ2) is 5.54. The van der Waals surface area contributed by atoms with Gasteiger partial charge in [-0.25, -0.2) is 0 Å². The Morgan fingerprint density at radius 3 is 1.91 bits per heavy atom. The molecular formula is C14H10NO6P. The highest BCUT2D eigenvalue weighted by Gasteiger charge is 2.36. The lowest BCUT2D eigenvalue weighted by Gasteiger charge is -2.15. The molecule has 0 aliphatic heterocycles. The van der Waals surface area contributed by atoms with Gasteiger partial charge >= 0.3 is 7.37 Å². The Bertz CT molecular complexity index is 769. The van der Waals surface area contributed by atoms with Crippen molar-refractivity contribution in [2.45, 2.75) is 0 Å². The summed E-state index contributed by atoms with van der Waals surface area (Å²) in [4.78, 5) is 10.1. The first-order chi connectivity index (χ1) is 10.6. The maximum atomic E-state index is 13.2. The smallest absolute Gasteiger partial charge is 0.375 e. The van der Waals surface area contributed by atoms with E-state index in [2.05, 4.69) is 0 Å². The predicted molar refractivity (Wildman–Crippen MR) is 78.0 cm³/mol. The van der Waals surface area contributed by atoms with Crippen molar-refractivity contribution in [3.8, 4) is 5.75 Å². The van der Waals surface area contributed by atoms with Crippen LogP contribution in [0.1, 0.15) is 0 Å². The van der Waals surface area contributed by atoms with Crippen LogP contribution in [0.15, 0.2) is 69.9 Å². The molecule has 2 heterocycles. The van der Waals surface area contributed by atoms with Gasteiger partial charge in [0.1, 0.15) is 5.75 Å². The Balaban J connectivity index is 1.98. The first-order valence-electron chi connectivity index (χ1n) is 6.22. The molecule has 0 radical (unpaired) electrons. The molecule has 22 heavy (non-hydrogen) atoms. The summed E-state index contributed by atoms with van der Waals surface area (Å²) in [6.45, 7) is 0. The summed E-state index contributed by atoms with van der Waals surface area (Å²) >= 11 is 0. The lowest BCUT2D eigenvalue weighted by Crippen LogP contribution is -2.17. The molecule has 112 valence electrons. The molecular weight excluding hydrogens is 309 g/mol. The fraction of sp³-hybridized carbons (Fsp3) is 0. The predicted octanol–water partition coefficient (Wildman–Crippen LogP) is 3.09. The highest BCUT2D eigenvalue weighted by Crippen LogP contribution is 2.45. The molecule has 8 heteroatoms. The Labute approximate surface area is 124 Å². The van der Waals surface area contributed by atoms with E-state index in [4.69, 9.17) is 13.4 Å². The Morgan fingerprint density at radius 2 is 1.50 bits per heavy atom. The van der Waals surface area contributed by atoms with Crippen LogP contribution in [0, 0.1) is 10.1 Å². The molecule has 0 atom stereocenters. The summed E-state index contributed by atoms with van der Waals surface area (Å²) in [5.41, 5.74) is 0.166. The van der Waals surface area contributed by atoms with E-state index in [0.717, 1.165) is 0 Å². The molecule has 0 saturated heterocycles. The minimum atomic E-state index is -3.59. The lowest BCUT2D eigenvalue weighted by atomic mass is 10.3. The van der Waals surface area contributed by atoms with E-state index in [0.29, 0.717) is 0 Å². The fourth-order valence-electron chi connectivity index (χ4n) is 1.85. The van der Waals surface area contributed by atoms with Gasteiger partial charge in [-0.2, -0.15) is 0 Å². The molecule has 0 bridgehead atoms. The molecule has 0 aliphatic rings. The van der Waals surface area contributed by atoms with Crippen molar-refractivity contribution in [2.75, 3.05) is 0 Å². The fourth-order valence-corrected chi connectivity index (χ4v) is 3.63. The van der Waals surface area contributed by atoms with Crippen molar-refractivity contribution >= 4 is 24.1 Å². The lowest BCUT2D eigenvalue weighted by molar-refractivity contribution is -0.384. The van der Waals surface area contributed by atoms with Gasteiger partial charge in [0, 0.05) is 12.1 Å². The van der Waals surface area contributed by atoms with Gasteiger partial charge in [-0.3, -0.25) is 14.7 Å². The number of nitro benzene ring substituents is 1. The van der Waals surface area contributed by atoms with Gasteiger partial charge < -0.3 is 13.4 Å². The van der Waals surface area contributed by atoms with Gasteiger partial charge in [-0.15, -0.1) is 0 Å². The van der Waals surface area contributed by atoms with E-state index in [9.17, 15) is 14.7 Å². The zero-order valence-corrected chi connectivity index (χ0v) is 12.0. The van der Waals surface area contributed by atoms with Crippen LogP contribution in [0.25, 0.3) is 0 Å². The minimum Gasteiger partial charge on any atom is -0.457 e. The highest BCUT2D eigenvalue weighted by atomic mass is 31.2. The number of rotatable bonds is 5. The summed E-state index contributed by atoms with van der Waals surface area (Å²) in [5.74, 6) is 0.210. The number of hydrogen-bond acceptors (Lipinski definition) is 6. The van der Waals surface area contributed by atoms with Crippen molar-refractivity contribution in [1.82, 2.24) is 0 Å². The van der Waals surface area contributed by atoms with Gasteiger partial charge in [-0.1, -0.05) is 0 Å². The van der Waals surface area contributed by atoms with E-state index in [-0.39, 0.29) is 22.4 Å². The topological polar surface area (TPSA) is 95.7 Å². The third-order valence-electron chi connectivity index (χ3n) is 2.87. The maximum absolute atomic E-state index is 13.2. The van der Waals surface area contributed by atoms with Crippen molar-refractivity contribution in [1.29, 1.82) is 0 Å². The van der Waals surface area contributed by atoms with Crippen LogP contribution >= 0.6 is 7.37 Å². The number of hydrogen-bond donors (Lipinski definition) is 0. The maximum Gasteiger partial charge on any atom is 0.375 e. The molecule has 2 aromatic heterocycles. The van der Waals surface area contributed by atoms with Crippen molar-refractivity contribution < 1.29 is 22.8 Å². The van der Waals surface area contributed by atoms with Crippen LogP contribution in [0.5, 0.6) is 5.75 Å². The summed E-state index contributed by atoms with van der Waals surface area (Å²) in [6.07, 6.45) is 2.76. The van der Waals surface area contributed by atoms with Crippen LogP contribution in [0.3, 0.4) is 0 Å². The number of non-ortho nitro benzene ring substituents is 1. The molecule has 0 spiro atoms. The Hall–Kier alpha value is -2.79. The molecule has 0 amide bonds. The third-order valence-corrected chi connectivity index (χ3v) is 5.01. The molecule has 0 aliphatic carbocycles. The molecule has 3 rings (SSSR count). The van der Waals surface area contributed by atoms with Gasteiger partial charge in [0.05, 0.1) is 17.4 Å². The first-order valence-corrected chi connectivity index (χ1v) is 7.84. The average Bonchev–Trinajstić information content (AvgIpc) is 3.21. The summed E-state index contributed by atoms with van der Waals surface area (Å²) in [6, 6.07) is 11.5. The summed E-state index contributed by atoms with van der Waals surface area (Å²) < 4.78 is 29.2. The molecule has 0 N–H and O–H groups in total. The number of furan rings is 2. The van der Waals surface area contributed by atoms with E-state index < -0.39 is 12.3 Å².